The summed E-state index contributed by atoms with van der Waals surface area (Å²) >= 11 is 0. The van der Waals surface area contributed by atoms with E-state index in [2.05, 4.69) is 25.9 Å². The molecule has 3 aliphatic rings. The minimum Gasteiger partial charge on any atom is -0.378 e. The summed E-state index contributed by atoms with van der Waals surface area (Å²) in [7, 11) is 0. The maximum absolute atomic E-state index is 13.1. The second-order valence-electron chi connectivity index (χ2n) is 8.94. The Labute approximate surface area is 187 Å². The minimum absolute atomic E-state index is 0.0644. The molecule has 1 spiro atoms. The van der Waals surface area contributed by atoms with Crippen LogP contribution in [-0.2, 0) is 10.2 Å². The smallest absolute Gasteiger partial charge is 0.254 e. The van der Waals surface area contributed by atoms with Crippen LogP contribution < -0.4 is 4.90 Å². The Morgan fingerprint density at radius 1 is 1.06 bits per heavy atom. The predicted molar refractivity (Wildman–Crippen MR) is 121 cm³/mol. The van der Waals surface area contributed by atoms with Crippen molar-refractivity contribution in [1.29, 1.82) is 0 Å². The molecule has 7 heteroatoms. The van der Waals surface area contributed by atoms with Gasteiger partial charge in [-0.1, -0.05) is 12.1 Å². The maximum atomic E-state index is 13.1. The van der Waals surface area contributed by atoms with Crippen molar-refractivity contribution in [2.75, 3.05) is 37.7 Å². The standard InChI is InChI=1S/C25H25N5O2/c1-17-3-2-4-21(28-17)19-14-26-24(27-15-19)30-16-25(7-8-25)20-6-5-18(13-22(20)30)23(31)29-9-11-32-12-10-29/h2-6,13-15H,7-12,16H2,1H3. The molecule has 7 nitrogen and oxygen atoms in total. The van der Waals surface area contributed by atoms with E-state index >= 15 is 0 Å². The lowest BCUT2D eigenvalue weighted by molar-refractivity contribution is 0.0303. The van der Waals surface area contributed by atoms with Crippen LogP contribution in [-0.4, -0.2) is 58.6 Å². The molecule has 1 saturated carbocycles. The molecule has 3 aromatic rings. The van der Waals surface area contributed by atoms with Gasteiger partial charge in [0.15, 0.2) is 0 Å². The minimum atomic E-state index is 0.0644. The number of morpholine rings is 1. The first-order chi connectivity index (χ1) is 15.6. The first kappa shape index (κ1) is 19.4. The van der Waals surface area contributed by atoms with Gasteiger partial charge in [-0.15, -0.1) is 0 Å². The molecular weight excluding hydrogens is 402 g/mol. The highest BCUT2D eigenvalue weighted by molar-refractivity contribution is 5.96. The van der Waals surface area contributed by atoms with Crippen LogP contribution in [0.3, 0.4) is 0 Å². The van der Waals surface area contributed by atoms with Gasteiger partial charge in [0.2, 0.25) is 5.95 Å². The fourth-order valence-electron chi connectivity index (χ4n) is 4.81. The molecule has 1 amide bonds. The second kappa shape index (κ2) is 7.38. The lowest BCUT2D eigenvalue weighted by atomic mass is 9.97. The zero-order valence-corrected chi connectivity index (χ0v) is 18.1. The Balaban J connectivity index is 1.32. The molecule has 6 rings (SSSR count). The molecule has 0 atom stereocenters. The number of hydrogen-bond donors (Lipinski definition) is 0. The van der Waals surface area contributed by atoms with Crippen molar-refractivity contribution in [1.82, 2.24) is 19.9 Å². The summed E-state index contributed by atoms with van der Waals surface area (Å²) < 4.78 is 5.40. The number of carbonyl (C=O) groups is 1. The van der Waals surface area contributed by atoms with E-state index in [4.69, 9.17) is 4.74 Å². The summed E-state index contributed by atoms with van der Waals surface area (Å²) in [4.78, 5) is 31.1. The molecule has 32 heavy (non-hydrogen) atoms. The number of aryl methyl sites for hydroxylation is 1. The lowest BCUT2D eigenvalue weighted by Gasteiger charge is -2.27. The molecule has 0 N–H and O–H groups in total. The van der Waals surface area contributed by atoms with E-state index in [-0.39, 0.29) is 11.3 Å². The lowest BCUT2D eigenvalue weighted by Crippen LogP contribution is -2.40. The van der Waals surface area contributed by atoms with Crippen molar-refractivity contribution >= 4 is 17.5 Å². The van der Waals surface area contributed by atoms with Gasteiger partial charge in [0.25, 0.3) is 5.91 Å². The van der Waals surface area contributed by atoms with Crippen LogP contribution in [0.15, 0.2) is 48.8 Å². The molecule has 0 unspecified atom stereocenters. The highest BCUT2D eigenvalue weighted by Gasteiger charge is 2.52. The highest BCUT2D eigenvalue weighted by atomic mass is 16.5. The molecule has 4 heterocycles. The summed E-state index contributed by atoms with van der Waals surface area (Å²) in [5, 5.41) is 0. The van der Waals surface area contributed by atoms with E-state index in [9.17, 15) is 4.79 Å². The normalized spacial score (nSPS) is 18.7. The number of carbonyl (C=O) groups excluding carboxylic acids is 1. The van der Waals surface area contributed by atoms with Crippen LogP contribution >= 0.6 is 0 Å². The van der Waals surface area contributed by atoms with Crippen molar-refractivity contribution in [3.05, 3.63) is 65.6 Å². The van der Waals surface area contributed by atoms with Crippen LogP contribution in [0, 0.1) is 6.92 Å². The number of fused-ring (bicyclic) bond motifs is 2. The average Bonchev–Trinajstić information content (AvgIpc) is 3.55. The Hall–Kier alpha value is -3.32. The van der Waals surface area contributed by atoms with E-state index in [1.54, 1.807) is 0 Å². The topological polar surface area (TPSA) is 71.5 Å². The summed E-state index contributed by atoms with van der Waals surface area (Å²) in [6, 6.07) is 12.1. The summed E-state index contributed by atoms with van der Waals surface area (Å²) in [5.41, 5.74) is 6.00. The SMILES string of the molecule is Cc1cccc(-c2cnc(N3CC4(CC4)c4ccc(C(=O)N5CCOCC5)cc43)nc2)n1. The molecule has 162 valence electrons. The van der Waals surface area contributed by atoms with Crippen LogP contribution in [0.4, 0.5) is 11.6 Å². The Morgan fingerprint density at radius 3 is 2.56 bits per heavy atom. The maximum Gasteiger partial charge on any atom is 0.254 e. The van der Waals surface area contributed by atoms with Gasteiger partial charge in [-0.3, -0.25) is 9.78 Å². The zero-order valence-electron chi connectivity index (χ0n) is 18.1. The molecule has 2 aliphatic heterocycles. The number of ether oxygens (including phenoxy) is 1. The predicted octanol–water partition coefficient (Wildman–Crippen LogP) is 3.50. The van der Waals surface area contributed by atoms with Crippen LogP contribution in [0.5, 0.6) is 0 Å². The average molecular weight is 428 g/mol. The fraction of sp³-hybridized carbons (Fsp3) is 0.360. The van der Waals surface area contributed by atoms with Crippen LogP contribution in [0.1, 0.15) is 34.5 Å². The first-order valence-corrected chi connectivity index (χ1v) is 11.2. The summed E-state index contributed by atoms with van der Waals surface area (Å²) in [6.45, 7) is 5.32. The van der Waals surface area contributed by atoms with E-state index in [0.717, 1.165) is 29.2 Å². The molecule has 2 aromatic heterocycles. The number of hydrogen-bond acceptors (Lipinski definition) is 6. The van der Waals surface area contributed by atoms with Crippen molar-refractivity contribution in [2.24, 2.45) is 0 Å². The number of benzene rings is 1. The van der Waals surface area contributed by atoms with Gasteiger partial charge in [0.1, 0.15) is 0 Å². The molecule has 2 fully saturated rings. The second-order valence-corrected chi connectivity index (χ2v) is 8.94. The van der Waals surface area contributed by atoms with E-state index in [1.165, 1.54) is 18.4 Å². The molecule has 1 aromatic carbocycles. The number of rotatable bonds is 3. The van der Waals surface area contributed by atoms with Crippen molar-refractivity contribution in [2.45, 2.75) is 25.2 Å². The Morgan fingerprint density at radius 2 is 1.84 bits per heavy atom. The molecule has 0 bridgehead atoms. The Kier molecular flexibility index (Phi) is 4.47. The van der Waals surface area contributed by atoms with Gasteiger partial charge >= 0.3 is 0 Å². The van der Waals surface area contributed by atoms with Crippen molar-refractivity contribution < 1.29 is 9.53 Å². The van der Waals surface area contributed by atoms with E-state index in [0.29, 0.717) is 37.8 Å². The van der Waals surface area contributed by atoms with Gasteiger partial charge < -0.3 is 14.5 Å². The van der Waals surface area contributed by atoms with Crippen LogP contribution in [0.25, 0.3) is 11.3 Å². The third kappa shape index (κ3) is 3.24. The number of pyridine rings is 1. The number of anilines is 2. The number of aromatic nitrogens is 3. The van der Waals surface area contributed by atoms with Gasteiger partial charge in [-0.25, -0.2) is 9.97 Å². The number of amides is 1. The third-order valence-electron chi connectivity index (χ3n) is 6.78. The largest absolute Gasteiger partial charge is 0.378 e. The summed E-state index contributed by atoms with van der Waals surface area (Å²) in [5.74, 6) is 0.733. The van der Waals surface area contributed by atoms with Crippen molar-refractivity contribution in [3.8, 4) is 11.3 Å². The summed E-state index contributed by atoms with van der Waals surface area (Å²) in [6.07, 6.45) is 6.01. The molecular formula is C25H25N5O2. The van der Waals surface area contributed by atoms with E-state index < -0.39 is 0 Å². The van der Waals surface area contributed by atoms with Crippen molar-refractivity contribution in [3.63, 3.8) is 0 Å². The fourth-order valence-corrected chi connectivity index (χ4v) is 4.81. The van der Waals surface area contributed by atoms with Gasteiger partial charge in [-0.2, -0.15) is 0 Å². The van der Waals surface area contributed by atoms with Gasteiger partial charge in [0, 0.05) is 60.0 Å². The zero-order chi connectivity index (χ0) is 21.7. The monoisotopic (exact) mass is 427 g/mol. The highest BCUT2D eigenvalue weighted by Crippen LogP contribution is 2.57. The Bertz CT molecular complexity index is 1180. The quantitative estimate of drug-likeness (QED) is 0.637. The van der Waals surface area contributed by atoms with Crippen LogP contribution in [0.2, 0.25) is 0 Å². The van der Waals surface area contributed by atoms with Gasteiger partial charge in [-0.05, 0) is 49.6 Å². The molecule has 0 radical (unpaired) electrons. The van der Waals surface area contributed by atoms with E-state index in [1.807, 2.05) is 54.5 Å². The first-order valence-electron chi connectivity index (χ1n) is 11.2. The third-order valence-corrected chi connectivity index (χ3v) is 6.78. The molecule has 1 saturated heterocycles. The number of nitrogens with zero attached hydrogens (tertiary/aromatic N) is 5. The van der Waals surface area contributed by atoms with Gasteiger partial charge in [0.05, 0.1) is 18.9 Å². The molecule has 1 aliphatic carbocycles.